The molecule has 0 aliphatic carbocycles. The number of rotatable bonds is 9. The fourth-order valence-electron chi connectivity index (χ4n) is 5.29. The van der Waals surface area contributed by atoms with E-state index in [0.717, 1.165) is 61.0 Å². The quantitative estimate of drug-likeness (QED) is 0.240. The Morgan fingerprint density at radius 3 is 2.56 bits per heavy atom. The lowest BCUT2D eigenvalue weighted by atomic mass is 10.0. The maximum absolute atomic E-state index is 12.1. The van der Waals surface area contributed by atoms with Gasteiger partial charge in [-0.05, 0) is 61.2 Å². The number of hydroxylamine groups is 1. The van der Waals surface area contributed by atoms with Crippen LogP contribution >= 0.6 is 0 Å². The number of nitrogens with zero attached hydrogens (tertiary/aromatic N) is 5. The van der Waals surface area contributed by atoms with Gasteiger partial charge in [0.05, 0.1) is 12.6 Å². The summed E-state index contributed by atoms with van der Waals surface area (Å²) in [5.41, 5.74) is 3.57. The number of nitrogens with one attached hydrogen (secondary N) is 2. The molecule has 1 amide bonds. The van der Waals surface area contributed by atoms with Crippen LogP contribution in [0.3, 0.4) is 0 Å². The normalized spacial score (nSPS) is 17.0. The fourth-order valence-corrected chi connectivity index (χ4v) is 5.29. The zero-order valence-corrected chi connectivity index (χ0v) is 24.1. The maximum atomic E-state index is 12.1. The third kappa shape index (κ3) is 6.94. The van der Waals surface area contributed by atoms with E-state index < -0.39 is 0 Å². The second-order valence-electron chi connectivity index (χ2n) is 10.6. The second kappa shape index (κ2) is 12.9. The molecule has 2 aliphatic heterocycles. The summed E-state index contributed by atoms with van der Waals surface area (Å²) in [7, 11) is 2.13. The predicted octanol–water partition coefficient (Wildman–Crippen LogP) is 5.77. The Hall–Kier alpha value is -4.93. The van der Waals surface area contributed by atoms with E-state index in [2.05, 4.69) is 56.2 Å². The summed E-state index contributed by atoms with van der Waals surface area (Å²) in [6, 6.07) is 25.6. The molecule has 0 bridgehead atoms. The highest BCUT2D eigenvalue weighted by Crippen LogP contribution is 2.37. The van der Waals surface area contributed by atoms with Crippen molar-refractivity contribution in [1.82, 2.24) is 14.9 Å². The van der Waals surface area contributed by atoms with Crippen LogP contribution in [0.1, 0.15) is 18.0 Å². The number of carbonyl (C=O) groups is 1. The number of hydrogen-bond donors (Lipinski definition) is 2. The molecule has 2 saturated heterocycles. The molecular formula is C33H35N7O3. The highest BCUT2D eigenvalue weighted by molar-refractivity contribution is 5.99. The van der Waals surface area contributed by atoms with Crippen molar-refractivity contribution < 1.29 is 14.4 Å². The van der Waals surface area contributed by atoms with Crippen LogP contribution in [-0.4, -0.2) is 60.6 Å². The third-order valence-corrected chi connectivity index (χ3v) is 7.52. The largest absolute Gasteiger partial charge is 0.457 e. The Balaban J connectivity index is 1.22. The summed E-state index contributed by atoms with van der Waals surface area (Å²) >= 11 is 0. The Labute approximate surface area is 251 Å². The molecule has 220 valence electrons. The first-order valence-electron chi connectivity index (χ1n) is 14.4. The Kier molecular flexibility index (Phi) is 8.48. The molecule has 3 aromatic carbocycles. The molecule has 0 radical (unpaired) electrons. The highest BCUT2D eigenvalue weighted by atomic mass is 16.7. The minimum atomic E-state index is -0.263. The minimum Gasteiger partial charge on any atom is -0.457 e. The monoisotopic (exact) mass is 577 g/mol. The summed E-state index contributed by atoms with van der Waals surface area (Å²) in [5.74, 6) is 2.54. The average Bonchev–Trinajstić information content (AvgIpc) is 3.52. The lowest BCUT2D eigenvalue weighted by Crippen LogP contribution is -2.44. The number of ether oxygens (including phenoxy) is 1. The van der Waals surface area contributed by atoms with Gasteiger partial charge in [-0.3, -0.25) is 9.63 Å². The van der Waals surface area contributed by atoms with E-state index in [1.54, 1.807) is 0 Å². The molecule has 2 N–H and O–H groups in total. The maximum Gasteiger partial charge on any atom is 0.247 e. The fraction of sp³-hybridized carbons (Fsp3) is 0.242. The standard InChI is InChI=1S/C33H35N7O3/c1-3-33(41)37-26-19-25(20-27(21-26)39-15-13-38(2)14-16-39)36-31-22-32(35-23-34-31)40-30(12-17-42-40)24-8-7-11-29(18-24)43-28-9-5-4-6-10-28/h3-11,18-23,30H,1,12-17H2,2H3,(H,37,41)(H,34,35,36)/t30-/m1/s1. The van der Waals surface area contributed by atoms with Crippen LogP contribution in [0.5, 0.6) is 11.5 Å². The second-order valence-corrected chi connectivity index (χ2v) is 10.6. The average molecular weight is 578 g/mol. The Bertz CT molecular complexity index is 1570. The van der Waals surface area contributed by atoms with Gasteiger partial charge in [0.25, 0.3) is 0 Å². The number of piperazine rings is 1. The molecule has 3 heterocycles. The molecule has 1 atom stereocenters. The summed E-state index contributed by atoms with van der Waals surface area (Å²) in [6.45, 7) is 7.90. The number of benzene rings is 3. The van der Waals surface area contributed by atoms with Crippen molar-refractivity contribution in [3.8, 4) is 11.5 Å². The van der Waals surface area contributed by atoms with E-state index in [9.17, 15) is 4.79 Å². The van der Waals surface area contributed by atoms with Crippen LogP contribution in [0.2, 0.25) is 0 Å². The van der Waals surface area contributed by atoms with Crippen molar-refractivity contribution in [2.75, 3.05) is 60.4 Å². The SMILES string of the molecule is C=CC(=O)Nc1cc(Nc2cc(N3OCC[C@@H]3c3cccc(Oc4ccccc4)c3)ncn2)cc(N2CCN(C)CC2)c1. The van der Waals surface area contributed by atoms with Crippen LogP contribution in [0.25, 0.3) is 0 Å². The van der Waals surface area contributed by atoms with Crippen LogP contribution in [-0.2, 0) is 9.63 Å². The van der Waals surface area contributed by atoms with Gasteiger partial charge in [0.1, 0.15) is 23.6 Å². The number of para-hydroxylation sites is 1. The summed E-state index contributed by atoms with van der Waals surface area (Å²) in [5, 5.41) is 8.15. The lowest BCUT2D eigenvalue weighted by Gasteiger charge is -2.34. The molecule has 2 aliphatic rings. The molecular weight excluding hydrogens is 542 g/mol. The van der Waals surface area contributed by atoms with Crippen molar-refractivity contribution in [3.63, 3.8) is 0 Å². The van der Waals surface area contributed by atoms with Crippen LogP contribution in [0.4, 0.5) is 28.7 Å². The zero-order valence-electron chi connectivity index (χ0n) is 24.1. The molecule has 2 fully saturated rings. The van der Waals surface area contributed by atoms with Crippen molar-refractivity contribution in [3.05, 3.63) is 103 Å². The van der Waals surface area contributed by atoms with E-state index in [0.29, 0.717) is 23.9 Å². The topological polar surface area (TPSA) is 95.1 Å². The molecule has 4 aromatic rings. The number of anilines is 5. The molecule has 10 heteroatoms. The van der Waals surface area contributed by atoms with Crippen LogP contribution < -0.4 is 25.3 Å². The smallest absolute Gasteiger partial charge is 0.247 e. The third-order valence-electron chi connectivity index (χ3n) is 7.52. The summed E-state index contributed by atoms with van der Waals surface area (Å²) < 4.78 is 6.07. The summed E-state index contributed by atoms with van der Waals surface area (Å²) in [4.78, 5) is 31.8. The van der Waals surface area contributed by atoms with Gasteiger partial charge in [-0.1, -0.05) is 36.9 Å². The van der Waals surface area contributed by atoms with Crippen molar-refractivity contribution in [2.45, 2.75) is 12.5 Å². The minimum absolute atomic E-state index is 0.0386. The summed E-state index contributed by atoms with van der Waals surface area (Å²) in [6.07, 6.45) is 3.60. The van der Waals surface area contributed by atoms with Gasteiger partial charge < -0.3 is 25.2 Å². The van der Waals surface area contributed by atoms with Gasteiger partial charge in [0.15, 0.2) is 5.82 Å². The van der Waals surface area contributed by atoms with E-state index in [-0.39, 0.29) is 11.9 Å². The number of amides is 1. The predicted molar refractivity (Wildman–Crippen MR) is 169 cm³/mol. The van der Waals surface area contributed by atoms with Gasteiger partial charge in [-0.25, -0.2) is 15.0 Å². The van der Waals surface area contributed by atoms with Crippen LogP contribution in [0.15, 0.2) is 97.8 Å². The van der Waals surface area contributed by atoms with Crippen molar-refractivity contribution in [1.29, 1.82) is 0 Å². The van der Waals surface area contributed by atoms with Gasteiger partial charge in [-0.15, -0.1) is 0 Å². The molecule has 1 aromatic heterocycles. The number of carbonyl (C=O) groups excluding carboxylic acids is 1. The van der Waals surface area contributed by atoms with E-state index in [4.69, 9.17) is 9.57 Å². The first-order valence-corrected chi connectivity index (χ1v) is 14.4. The van der Waals surface area contributed by atoms with Crippen molar-refractivity contribution >= 4 is 34.6 Å². The number of aromatic nitrogens is 2. The van der Waals surface area contributed by atoms with Gasteiger partial charge in [0.2, 0.25) is 5.91 Å². The van der Waals surface area contributed by atoms with Crippen LogP contribution in [0, 0.1) is 0 Å². The molecule has 0 spiro atoms. The van der Waals surface area contributed by atoms with Gasteiger partial charge in [-0.2, -0.15) is 0 Å². The molecule has 6 rings (SSSR count). The van der Waals surface area contributed by atoms with Gasteiger partial charge >= 0.3 is 0 Å². The number of likely N-dealkylation sites (N-methyl/N-ethyl adjacent to an activating group) is 1. The lowest BCUT2D eigenvalue weighted by molar-refractivity contribution is -0.111. The molecule has 0 unspecified atom stereocenters. The first-order chi connectivity index (χ1) is 21.0. The number of hydrogen-bond acceptors (Lipinski definition) is 9. The molecule has 0 saturated carbocycles. The van der Waals surface area contributed by atoms with Gasteiger partial charge in [0, 0.05) is 55.7 Å². The van der Waals surface area contributed by atoms with E-state index in [1.165, 1.54) is 12.4 Å². The molecule has 10 nitrogen and oxygen atoms in total. The molecule has 43 heavy (non-hydrogen) atoms. The highest BCUT2D eigenvalue weighted by Gasteiger charge is 2.29. The first kappa shape index (κ1) is 28.2. The zero-order chi connectivity index (χ0) is 29.6. The van der Waals surface area contributed by atoms with E-state index in [1.807, 2.05) is 71.8 Å². The Morgan fingerprint density at radius 1 is 0.953 bits per heavy atom. The Morgan fingerprint density at radius 2 is 1.74 bits per heavy atom. The van der Waals surface area contributed by atoms with E-state index >= 15 is 0 Å². The van der Waals surface area contributed by atoms with Crippen molar-refractivity contribution in [2.24, 2.45) is 0 Å².